The average Bonchev–Trinajstić information content (AvgIpc) is 1.77. The molecule has 1 aromatic heterocycles. The minimum atomic E-state index is -4.64. The number of phosphoric acid groups is 1. The summed E-state index contributed by atoms with van der Waals surface area (Å²) in [5, 5.41) is 0. The summed E-state index contributed by atoms with van der Waals surface area (Å²) in [6.45, 7) is 0. The fourth-order valence-electron chi connectivity index (χ4n) is 0.427. The quantitative estimate of drug-likeness (QED) is 0.263. The van der Waals surface area contributed by atoms with E-state index in [1.54, 1.807) is 0 Å². The molecule has 1 heterocycles. The maximum absolute atomic E-state index is 8.88. The van der Waals surface area contributed by atoms with Gasteiger partial charge in [-0.3, -0.25) is 0 Å². The van der Waals surface area contributed by atoms with Gasteiger partial charge in [-0.15, -0.1) is 0 Å². The van der Waals surface area contributed by atoms with Crippen molar-refractivity contribution >= 4 is 25.7 Å². The van der Waals surface area contributed by atoms with Crippen molar-refractivity contribution in [3.63, 3.8) is 0 Å². The lowest BCUT2D eigenvalue weighted by Gasteiger charge is -1.93. The van der Waals surface area contributed by atoms with E-state index in [1.807, 2.05) is 0 Å². The molecule has 0 fully saturated rings. The molecule has 0 amide bonds. The van der Waals surface area contributed by atoms with Gasteiger partial charge in [0.1, 0.15) is 0 Å². The van der Waals surface area contributed by atoms with Crippen molar-refractivity contribution in [3.8, 4) is 0 Å². The van der Waals surface area contributed by atoms with Crippen LogP contribution < -0.4 is 17.2 Å². The molecular weight excluding hydrogens is 215 g/mol. The van der Waals surface area contributed by atoms with Crippen molar-refractivity contribution in [3.05, 3.63) is 0 Å². The molecular formula is C3H10N6O4P+. The highest BCUT2D eigenvalue weighted by atomic mass is 31.2. The Balaban J connectivity index is 0. The molecule has 0 saturated heterocycles. The molecule has 0 spiro atoms. The van der Waals surface area contributed by atoms with Crippen LogP contribution >= 0.6 is 7.82 Å². The van der Waals surface area contributed by atoms with Crippen molar-refractivity contribution in [2.75, 3.05) is 17.2 Å². The van der Waals surface area contributed by atoms with Crippen LogP contribution in [0.4, 0.5) is 17.8 Å². The number of hydrogen-bond donors (Lipinski definition) is 6. The van der Waals surface area contributed by atoms with Crippen LogP contribution in [-0.4, -0.2) is 29.6 Å². The lowest BCUT2D eigenvalue weighted by atomic mass is 10.9. The zero-order valence-electron chi connectivity index (χ0n) is 7.77. The molecule has 80 valence electrons. The van der Waals surface area contributed by atoms with Crippen LogP contribution in [0.1, 0.15) is 1.43 Å². The van der Waals surface area contributed by atoms with Crippen LogP contribution in [0.15, 0.2) is 0 Å². The highest BCUT2D eigenvalue weighted by Gasteiger charge is 2.00. The zero-order valence-corrected chi connectivity index (χ0v) is 7.67. The maximum atomic E-state index is 8.88. The van der Waals surface area contributed by atoms with Gasteiger partial charge in [-0.05, 0) is 0 Å². The van der Waals surface area contributed by atoms with Crippen molar-refractivity contribution < 1.29 is 20.7 Å². The molecule has 0 bridgehead atoms. The average molecular weight is 225 g/mol. The summed E-state index contributed by atoms with van der Waals surface area (Å²) in [4.78, 5) is 32.0. The Hall–Kier alpha value is -1.48. The third kappa shape index (κ3) is 8.62. The number of aromatic nitrogens is 3. The van der Waals surface area contributed by atoms with Gasteiger partial charge in [0.25, 0.3) is 0 Å². The van der Waals surface area contributed by atoms with Crippen LogP contribution in [0.2, 0.25) is 0 Å². The zero-order chi connectivity index (χ0) is 11.4. The first-order chi connectivity index (χ1) is 6.18. The molecule has 0 aliphatic rings. The summed E-state index contributed by atoms with van der Waals surface area (Å²) < 4.78 is 8.88. The Morgan fingerprint density at radius 3 is 1.21 bits per heavy atom. The Morgan fingerprint density at radius 2 is 1.07 bits per heavy atom. The second-order valence-corrected chi connectivity index (χ2v) is 2.95. The van der Waals surface area contributed by atoms with Crippen molar-refractivity contribution in [1.82, 2.24) is 15.0 Å². The fourth-order valence-corrected chi connectivity index (χ4v) is 0.427. The van der Waals surface area contributed by atoms with Gasteiger partial charge < -0.3 is 31.9 Å². The van der Waals surface area contributed by atoms with Gasteiger partial charge in [0.2, 0.25) is 17.8 Å². The van der Waals surface area contributed by atoms with Gasteiger partial charge in [-0.2, -0.15) is 15.0 Å². The van der Waals surface area contributed by atoms with Crippen molar-refractivity contribution in [2.45, 2.75) is 0 Å². The first kappa shape index (κ1) is 12.5. The van der Waals surface area contributed by atoms with Gasteiger partial charge >= 0.3 is 9.25 Å². The molecule has 11 heteroatoms. The number of nitrogens with two attached hydrogens (primary N) is 3. The number of nitrogens with zero attached hydrogens (tertiary/aromatic N) is 3. The standard InChI is InChI=1S/C3H6N6.H3O4P/c4-1-7-2(5)9-3(6)8-1;1-5(2,3)4/h(H6,4,5,6,7,8,9);(H3,1,2,3,4)/p+1. The number of rotatable bonds is 0. The SMILES string of the molecule is Nc1nc(N)nc(N)n1.O=P(O)(O)O.[H+]. The second kappa shape index (κ2) is 4.67. The summed E-state index contributed by atoms with van der Waals surface area (Å²) in [5.74, 6) is 0.125. The van der Waals surface area contributed by atoms with E-state index >= 15 is 0 Å². The van der Waals surface area contributed by atoms with E-state index in [0.29, 0.717) is 0 Å². The number of anilines is 3. The number of hydrogen-bond acceptors (Lipinski definition) is 7. The lowest BCUT2D eigenvalue weighted by Crippen LogP contribution is -2.05. The monoisotopic (exact) mass is 225 g/mol. The Labute approximate surface area is 79.5 Å². The molecule has 10 nitrogen and oxygen atoms in total. The molecule has 1 rings (SSSR count). The van der Waals surface area contributed by atoms with E-state index in [-0.39, 0.29) is 19.3 Å². The molecule has 0 aliphatic heterocycles. The second-order valence-electron chi connectivity index (χ2n) is 1.92. The highest BCUT2D eigenvalue weighted by Crippen LogP contribution is 2.25. The summed E-state index contributed by atoms with van der Waals surface area (Å²) in [7, 11) is -4.64. The minimum Gasteiger partial charge on any atom is -0.368 e. The molecule has 1 aromatic rings. The lowest BCUT2D eigenvalue weighted by molar-refractivity contribution is 0.275. The fraction of sp³-hybridized carbons (Fsp3) is 0. The summed E-state index contributed by atoms with van der Waals surface area (Å²) >= 11 is 0. The van der Waals surface area contributed by atoms with E-state index in [9.17, 15) is 0 Å². The van der Waals surface area contributed by atoms with E-state index in [0.717, 1.165) is 0 Å². The van der Waals surface area contributed by atoms with Crippen LogP contribution in [0.3, 0.4) is 0 Å². The normalized spacial score (nSPS) is 10.2. The predicted molar refractivity (Wildman–Crippen MR) is 48.4 cm³/mol. The molecule has 0 atom stereocenters. The highest BCUT2D eigenvalue weighted by molar-refractivity contribution is 7.45. The summed E-state index contributed by atoms with van der Waals surface area (Å²) in [6, 6.07) is 0. The first-order valence-electron chi connectivity index (χ1n) is 2.99. The molecule has 9 N–H and O–H groups in total. The third-order valence-electron chi connectivity index (χ3n) is 0.687. The van der Waals surface area contributed by atoms with Crippen LogP contribution in [0.5, 0.6) is 0 Å². The first-order valence-corrected chi connectivity index (χ1v) is 4.56. The molecule has 0 unspecified atom stereocenters. The van der Waals surface area contributed by atoms with Crippen molar-refractivity contribution in [2.24, 2.45) is 0 Å². The van der Waals surface area contributed by atoms with E-state index < -0.39 is 7.82 Å². The predicted octanol–water partition coefficient (Wildman–Crippen LogP) is -2.20. The van der Waals surface area contributed by atoms with Crippen LogP contribution in [0, 0.1) is 0 Å². The molecule has 0 aliphatic carbocycles. The Morgan fingerprint density at radius 1 is 0.929 bits per heavy atom. The molecule has 0 aromatic carbocycles. The minimum absolute atomic E-state index is 0. The Bertz CT molecular complexity index is 297. The molecule has 0 radical (unpaired) electrons. The van der Waals surface area contributed by atoms with Gasteiger partial charge in [0.05, 0.1) is 0 Å². The van der Waals surface area contributed by atoms with Gasteiger partial charge in [0, 0.05) is 0 Å². The molecule has 14 heavy (non-hydrogen) atoms. The van der Waals surface area contributed by atoms with Gasteiger partial charge in [-0.1, -0.05) is 0 Å². The van der Waals surface area contributed by atoms with E-state index in [1.165, 1.54) is 0 Å². The van der Waals surface area contributed by atoms with E-state index in [4.69, 9.17) is 36.4 Å². The van der Waals surface area contributed by atoms with E-state index in [2.05, 4.69) is 15.0 Å². The van der Waals surface area contributed by atoms with Crippen LogP contribution in [-0.2, 0) is 4.57 Å². The van der Waals surface area contributed by atoms with Crippen molar-refractivity contribution in [1.29, 1.82) is 0 Å². The van der Waals surface area contributed by atoms with Crippen LogP contribution in [0.25, 0.3) is 0 Å². The largest absolute Gasteiger partial charge is 1.00 e. The number of nitrogen functional groups attached to an aromatic ring is 3. The third-order valence-corrected chi connectivity index (χ3v) is 0.687. The Kier molecular flexibility index (Phi) is 4.18. The topological polar surface area (TPSA) is 194 Å². The van der Waals surface area contributed by atoms with Gasteiger partial charge in [0.15, 0.2) is 0 Å². The summed E-state index contributed by atoms with van der Waals surface area (Å²) in [5.41, 5.74) is 15.4. The summed E-state index contributed by atoms with van der Waals surface area (Å²) in [6.07, 6.45) is 0. The maximum Gasteiger partial charge on any atom is 1.00 e. The molecule has 0 saturated carbocycles. The smallest absolute Gasteiger partial charge is 0.368 e. The van der Waals surface area contributed by atoms with Gasteiger partial charge in [-0.25, -0.2) is 4.57 Å².